The lowest BCUT2D eigenvalue weighted by atomic mass is 9.83. The maximum Gasteiger partial charge on any atom is 0.414 e. The highest BCUT2D eigenvalue weighted by atomic mass is 16.6. The highest BCUT2D eigenvalue weighted by molar-refractivity contribution is 5.85. The smallest absolute Gasteiger partial charge is 0.414 e. The fourth-order valence-electron chi connectivity index (χ4n) is 5.08. The summed E-state index contributed by atoms with van der Waals surface area (Å²) in [6, 6.07) is 14.7. The Bertz CT molecular complexity index is 1310. The van der Waals surface area contributed by atoms with Crippen molar-refractivity contribution in [3.63, 3.8) is 0 Å². The lowest BCUT2D eigenvalue weighted by Gasteiger charge is -2.31. The van der Waals surface area contributed by atoms with Gasteiger partial charge in [0.25, 0.3) is 0 Å². The summed E-state index contributed by atoms with van der Waals surface area (Å²) in [4.78, 5) is 30.2. The van der Waals surface area contributed by atoms with E-state index in [9.17, 15) is 14.9 Å². The number of fused-ring (bicyclic) bond motifs is 1. The van der Waals surface area contributed by atoms with Crippen LogP contribution < -0.4 is 20.1 Å². The van der Waals surface area contributed by atoms with Crippen LogP contribution in [0, 0.1) is 23.2 Å². The fraction of sp³-hybridized carbons (Fsp3) is 0.467. The number of aryl methyl sites for hydroxylation is 1. The van der Waals surface area contributed by atoms with Crippen LogP contribution in [0.2, 0.25) is 0 Å². The van der Waals surface area contributed by atoms with Gasteiger partial charge in [-0.25, -0.2) is 4.79 Å². The summed E-state index contributed by atoms with van der Waals surface area (Å²) < 4.78 is 13.4. The van der Waals surface area contributed by atoms with Crippen LogP contribution in [0.1, 0.15) is 51.6 Å². The van der Waals surface area contributed by atoms with E-state index in [1.54, 1.807) is 16.8 Å². The number of hydrogen-bond donors (Lipinski definition) is 2. The first-order valence-electron chi connectivity index (χ1n) is 13.6. The minimum Gasteiger partial charge on any atom is -0.493 e. The van der Waals surface area contributed by atoms with Crippen molar-refractivity contribution in [2.24, 2.45) is 18.9 Å². The summed E-state index contributed by atoms with van der Waals surface area (Å²) in [5, 5.41) is 16.1. The molecular weight excluding hydrogens is 494 g/mol. The van der Waals surface area contributed by atoms with Gasteiger partial charge < -0.3 is 24.7 Å². The lowest BCUT2D eigenvalue weighted by Crippen LogP contribution is -2.50. The largest absolute Gasteiger partial charge is 0.493 e. The molecule has 1 aliphatic carbocycles. The van der Waals surface area contributed by atoms with Crippen LogP contribution in [0.25, 0.3) is 10.9 Å². The average molecular weight is 532 g/mol. The lowest BCUT2D eigenvalue weighted by molar-refractivity contribution is -0.127. The van der Waals surface area contributed by atoms with E-state index in [4.69, 9.17) is 9.47 Å². The van der Waals surface area contributed by atoms with Crippen molar-refractivity contribution >= 4 is 22.9 Å². The molecule has 0 saturated heterocycles. The molecule has 0 unspecified atom stereocenters. The fourth-order valence-corrected chi connectivity index (χ4v) is 5.08. The molecule has 2 N–H and O–H groups in total. The van der Waals surface area contributed by atoms with E-state index in [2.05, 4.69) is 21.7 Å². The molecule has 0 bridgehead atoms. The minimum absolute atomic E-state index is 0.188. The monoisotopic (exact) mass is 531 g/mol. The van der Waals surface area contributed by atoms with Gasteiger partial charge in [0.05, 0.1) is 24.1 Å². The van der Waals surface area contributed by atoms with Crippen molar-refractivity contribution in [2.45, 2.75) is 64.5 Å². The van der Waals surface area contributed by atoms with Gasteiger partial charge in [-0.1, -0.05) is 32.8 Å². The summed E-state index contributed by atoms with van der Waals surface area (Å²) in [7, 11) is 1.83. The van der Waals surface area contributed by atoms with Crippen molar-refractivity contribution in [1.82, 2.24) is 20.2 Å². The van der Waals surface area contributed by atoms with E-state index >= 15 is 0 Å². The molecule has 39 heavy (non-hydrogen) atoms. The standard InChI is InChI=1S/C30H37N5O4/c1-20(2)16-23(19-31)33-29(36)25-9-4-5-10-26(25)34-30(37)39-28-17-21-11-12-24(18-27(21)35(28)3)38-15-13-22-8-6-7-14-32-22/h6-8,11-12,14,17-18,20,23,25-26H,4-5,9-10,13,15-16H2,1-3H3,(H,33,36)(H,34,37)/t23-,25+,26-/m0/s1. The number of ether oxygens (including phenoxy) is 2. The van der Waals surface area contributed by atoms with Crippen LogP contribution in [-0.2, 0) is 18.3 Å². The quantitative estimate of drug-likeness (QED) is 0.384. The van der Waals surface area contributed by atoms with Crippen molar-refractivity contribution in [3.8, 4) is 17.7 Å². The Kier molecular flexibility index (Phi) is 9.42. The summed E-state index contributed by atoms with van der Waals surface area (Å²) in [6.45, 7) is 4.53. The van der Waals surface area contributed by atoms with Gasteiger partial charge in [-0.15, -0.1) is 0 Å². The van der Waals surface area contributed by atoms with Crippen molar-refractivity contribution in [1.29, 1.82) is 5.26 Å². The van der Waals surface area contributed by atoms with Crippen molar-refractivity contribution in [3.05, 3.63) is 54.4 Å². The summed E-state index contributed by atoms with van der Waals surface area (Å²) in [5.74, 6) is 0.825. The van der Waals surface area contributed by atoms with Crippen molar-refractivity contribution < 1.29 is 19.1 Å². The van der Waals surface area contributed by atoms with Crippen LogP contribution in [-0.4, -0.2) is 40.2 Å². The Morgan fingerprint density at radius 3 is 2.74 bits per heavy atom. The minimum atomic E-state index is -0.601. The van der Waals surface area contributed by atoms with E-state index in [0.717, 1.165) is 35.2 Å². The molecule has 9 heteroatoms. The highest BCUT2D eigenvalue weighted by Gasteiger charge is 2.33. The predicted octanol–water partition coefficient (Wildman–Crippen LogP) is 4.90. The molecule has 3 aromatic rings. The third-order valence-corrected chi connectivity index (χ3v) is 7.11. The van der Waals surface area contributed by atoms with Crippen molar-refractivity contribution in [2.75, 3.05) is 6.61 Å². The molecular formula is C30H37N5O4. The van der Waals surface area contributed by atoms with Gasteiger partial charge in [0.15, 0.2) is 0 Å². The number of carbonyl (C=O) groups excluding carboxylic acids is 2. The number of amides is 2. The Balaban J connectivity index is 1.36. The molecule has 2 aromatic heterocycles. The Labute approximate surface area is 229 Å². The molecule has 0 spiro atoms. The number of nitrogens with zero attached hydrogens (tertiary/aromatic N) is 3. The number of nitriles is 1. The van der Waals surface area contributed by atoms with E-state index < -0.39 is 18.1 Å². The van der Waals surface area contributed by atoms with Crippen LogP contribution >= 0.6 is 0 Å². The summed E-state index contributed by atoms with van der Waals surface area (Å²) in [5.41, 5.74) is 1.84. The maximum atomic E-state index is 13.0. The molecule has 2 amide bonds. The number of rotatable bonds is 10. The molecule has 0 radical (unpaired) electrons. The third-order valence-electron chi connectivity index (χ3n) is 7.11. The third kappa shape index (κ3) is 7.50. The second-order valence-electron chi connectivity index (χ2n) is 10.5. The number of pyridine rings is 1. The first kappa shape index (κ1) is 28.0. The predicted molar refractivity (Wildman–Crippen MR) is 148 cm³/mol. The molecule has 1 saturated carbocycles. The SMILES string of the molecule is CC(C)C[C@@H](C#N)NC(=O)[C@@H]1CCCC[C@@H]1NC(=O)Oc1cc2ccc(OCCc3ccccn3)cc2n1C. The van der Waals surface area contributed by atoms with Crippen LogP contribution in [0.3, 0.4) is 0 Å². The number of carbonyl (C=O) groups is 2. The zero-order chi connectivity index (χ0) is 27.8. The molecule has 0 aliphatic heterocycles. The van der Waals surface area contributed by atoms with Crippen LogP contribution in [0.5, 0.6) is 11.6 Å². The Morgan fingerprint density at radius 2 is 2.00 bits per heavy atom. The molecule has 2 heterocycles. The van der Waals surface area contributed by atoms with E-state index in [1.165, 1.54) is 0 Å². The Hall–Kier alpha value is -4.06. The first-order valence-corrected chi connectivity index (χ1v) is 13.6. The summed E-state index contributed by atoms with van der Waals surface area (Å²) in [6.07, 6.45) is 5.63. The van der Waals surface area contributed by atoms with E-state index in [1.807, 2.05) is 57.3 Å². The topological polar surface area (TPSA) is 118 Å². The van der Waals surface area contributed by atoms with E-state index in [-0.39, 0.29) is 11.9 Å². The zero-order valence-corrected chi connectivity index (χ0v) is 22.9. The molecule has 1 fully saturated rings. The highest BCUT2D eigenvalue weighted by Crippen LogP contribution is 2.29. The molecule has 9 nitrogen and oxygen atoms in total. The molecule has 1 aliphatic rings. The van der Waals surface area contributed by atoms with Crippen LogP contribution in [0.4, 0.5) is 4.79 Å². The second-order valence-corrected chi connectivity index (χ2v) is 10.5. The van der Waals surface area contributed by atoms with E-state index in [0.29, 0.717) is 44.1 Å². The molecule has 4 rings (SSSR count). The number of benzene rings is 1. The zero-order valence-electron chi connectivity index (χ0n) is 22.9. The van der Waals surface area contributed by atoms with Crippen LogP contribution in [0.15, 0.2) is 48.7 Å². The molecule has 1 aromatic carbocycles. The Morgan fingerprint density at radius 1 is 1.18 bits per heavy atom. The molecule has 206 valence electrons. The number of hydrogen-bond acceptors (Lipinski definition) is 6. The van der Waals surface area contributed by atoms with Gasteiger partial charge in [0.1, 0.15) is 11.8 Å². The average Bonchev–Trinajstić information content (AvgIpc) is 3.23. The maximum absolute atomic E-state index is 13.0. The van der Waals surface area contributed by atoms with Gasteiger partial charge in [-0.3, -0.25) is 9.78 Å². The number of aromatic nitrogens is 2. The van der Waals surface area contributed by atoms with Gasteiger partial charge in [-0.05, 0) is 49.4 Å². The molecule has 3 atom stereocenters. The second kappa shape index (κ2) is 13.1. The van der Waals surface area contributed by atoms with Gasteiger partial charge in [0.2, 0.25) is 11.8 Å². The first-order chi connectivity index (χ1) is 18.8. The number of nitrogens with one attached hydrogen (secondary N) is 2. The summed E-state index contributed by atoms with van der Waals surface area (Å²) >= 11 is 0. The van der Waals surface area contributed by atoms with Gasteiger partial charge >= 0.3 is 6.09 Å². The van der Waals surface area contributed by atoms with Gasteiger partial charge in [-0.2, -0.15) is 5.26 Å². The van der Waals surface area contributed by atoms with Gasteiger partial charge in [0, 0.05) is 48.9 Å². The normalized spacial score (nSPS) is 17.8.